The summed E-state index contributed by atoms with van der Waals surface area (Å²) in [7, 11) is 0. The van der Waals surface area contributed by atoms with Gasteiger partial charge in [-0.2, -0.15) is 0 Å². The molecule has 0 saturated heterocycles. The van der Waals surface area contributed by atoms with Gasteiger partial charge < -0.3 is 21.2 Å². The average Bonchev–Trinajstić information content (AvgIpc) is 2.76. The molecule has 0 aliphatic carbocycles. The van der Waals surface area contributed by atoms with E-state index in [4.69, 9.17) is 16.2 Å². The number of nitrogen functional groups attached to an aromatic ring is 1. The van der Waals surface area contributed by atoms with Crippen LogP contribution in [0.4, 0.5) is 10.5 Å². The lowest BCUT2D eigenvalue weighted by atomic mass is 10.3. The zero-order chi connectivity index (χ0) is 14.8. The first kappa shape index (κ1) is 13.3. The van der Waals surface area contributed by atoms with Crippen molar-refractivity contribution >= 4 is 34.6 Å². The number of primary amides is 1. The summed E-state index contributed by atoms with van der Waals surface area (Å²) in [4.78, 5) is 19.9. The second-order valence-corrected chi connectivity index (χ2v) is 5.36. The number of ether oxygens (including phenoxy) is 1. The number of nitrogens with two attached hydrogens (primary N) is 2. The summed E-state index contributed by atoms with van der Waals surface area (Å²) >= 11 is 1.40. The number of H-pyrrole nitrogens is 1. The van der Waals surface area contributed by atoms with E-state index in [9.17, 15) is 4.79 Å². The van der Waals surface area contributed by atoms with Gasteiger partial charge in [0, 0.05) is 16.8 Å². The molecule has 6 nitrogen and oxygen atoms in total. The number of anilines is 1. The van der Waals surface area contributed by atoms with Crippen molar-refractivity contribution in [2.75, 3.05) is 5.73 Å². The Labute approximate surface area is 124 Å². The fraction of sp³-hybridized carbons (Fsp3) is 0. The largest absolute Gasteiger partial charge is 0.411 e. The minimum absolute atomic E-state index is 0.281. The molecule has 0 radical (unpaired) electrons. The first-order valence-electron chi connectivity index (χ1n) is 6.11. The smallest absolute Gasteiger partial charge is 0.399 e. The fourth-order valence-corrected chi connectivity index (χ4v) is 2.96. The summed E-state index contributed by atoms with van der Waals surface area (Å²) in [6, 6.07) is 11.0. The number of hydrogen-bond donors (Lipinski definition) is 3. The van der Waals surface area contributed by atoms with Gasteiger partial charge in [0.1, 0.15) is 10.4 Å². The van der Waals surface area contributed by atoms with Gasteiger partial charge in [-0.1, -0.05) is 17.8 Å². The lowest BCUT2D eigenvalue weighted by Gasteiger charge is -2.04. The Morgan fingerprint density at radius 1 is 1.29 bits per heavy atom. The van der Waals surface area contributed by atoms with Crippen LogP contribution in [0.15, 0.2) is 52.4 Å². The monoisotopic (exact) mass is 300 g/mol. The standard InChI is InChI=1S/C14H12N4O2S/c15-8-3-1-4-9(7-8)21-12-11-10(5-2-6-17-11)18-13(12)20-14(16)19/h1-7,18H,15H2,(H2,16,19). The second kappa shape index (κ2) is 5.37. The summed E-state index contributed by atoms with van der Waals surface area (Å²) in [5, 5.41) is 0. The molecule has 5 N–H and O–H groups in total. The number of aromatic nitrogens is 2. The Hall–Kier alpha value is -2.67. The maximum atomic E-state index is 11.0. The molecule has 2 heterocycles. The van der Waals surface area contributed by atoms with E-state index in [0.717, 1.165) is 10.4 Å². The minimum Gasteiger partial charge on any atom is -0.399 e. The quantitative estimate of drug-likeness (QED) is 0.645. The molecule has 0 spiro atoms. The van der Waals surface area contributed by atoms with Gasteiger partial charge in [0.05, 0.1) is 5.52 Å². The third kappa shape index (κ3) is 2.77. The van der Waals surface area contributed by atoms with Crippen LogP contribution < -0.4 is 16.2 Å². The summed E-state index contributed by atoms with van der Waals surface area (Å²) < 4.78 is 5.02. The summed E-state index contributed by atoms with van der Waals surface area (Å²) in [5.74, 6) is 0.281. The highest BCUT2D eigenvalue weighted by atomic mass is 32.2. The zero-order valence-corrected chi connectivity index (χ0v) is 11.7. The van der Waals surface area contributed by atoms with Gasteiger partial charge in [-0.3, -0.25) is 4.98 Å². The van der Waals surface area contributed by atoms with Crippen molar-refractivity contribution in [1.82, 2.24) is 9.97 Å². The van der Waals surface area contributed by atoms with E-state index >= 15 is 0 Å². The molecule has 106 valence electrons. The molecule has 0 aliphatic rings. The number of amides is 1. The summed E-state index contributed by atoms with van der Waals surface area (Å²) in [5.41, 5.74) is 13.0. The number of benzene rings is 1. The molecule has 0 bridgehead atoms. The highest BCUT2D eigenvalue weighted by Gasteiger charge is 2.17. The van der Waals surface area contributed by atoms with E-state index in [2.05, 4.69) is 9.97 Å². The Morgan fingerprint density at radius 3 is 2.90 bits per heavy atom. The number of rotatable bonds is 3. The van der Waals surface area contributed by atoms with E-state index in [0.29, 0.717) is 16.1 Å². The van der Waals surface area contributed by atoms with E-state index in [-0.39, 0.29) is 5.88 Å². The maximum Gasteiger partial charge on any atom is 0.411 e. The van der Waals surface area contributed by atoms with Crippen LogP contribution in [0, 0.1) is 0 Å². The van der Waals surface area contributed by atoms with Gasteiger partial charge in [0.15, 0.2) is 0 Å². The van der Waals surface area contributed by atoms with Gasteiger partial charge in [-0.25, -0.2) is 4.79 Å². The van der Waals surface area contributed by atoms with Crippen LogP contribution in [-0.4, -0.2) is 16.1 Å². The second-order valence-electron chi connectivity index (χ2n) is 4.28. The van der Waals surface area contributed by atoms with Gasteiger partial charge in [0.25, 0.3) is 0 Å². The Balaban J connectivity index is 2.08. The molecule has 7 heteroatoms. The molecule has 3 aromatic rings. The van der Waals surface area contributed by atoms with Crippen molar-refractivity contribution < 1.29 is 9.53 Å². The third-order valence-corrected chi connectivity index (χ3v) is 3.83. The number of nitrogens with zero attached hydrogens (tertiary/aromatic N) is 1. The first-order valence-corrected chi connectivity index (χ1v) is 6.92. The lowest BCUT2D eigenvalue weighted by molar-refractivity contribution is 0.208. The zero-order valence-electron chi connectivity index (χ0n) is 10.9. The molecular weight excluding hydrogens is 288 g/mol. The van der Waals surface area contributed by atoms with Crippen molar-refractivity contribution in [2.24, 2.45) is 5.73 Å². The molecule has 1 aromatic carbocycles. The Morgan fingerprint density at radius 2 is 2.14 bits per heavy atom. The molecule has 21 heavy (non-hydrogen) atoms. The molecule has 0 saturated carbocycles. The Kier molecular flexibility index (Phi) is 3.41. The number of aromatic amines is 1. The van der Waals surface area contributed by atoms with E-state index in [1.165, 1.54) is 11.8 Å². The number of hydrogen-bond acceptors (Lipinski definition) is 5. The SMILES string of the molecule is NC(=O)Oc1[nH]c2cccnc2c1Sc1cccc(N)c1. The lowest BCUT2D eigenvalue weighted by Crippen LogP contribution is -2.16. The molecule has 1 amide bonds. The third-order valence-electron chi connectivity index (χ3n) is 2.76. The van der Waals surface area contributed by atoms with Crippen LogP contribution in [0.2, 0.25) is 0 Å². The average molecular weight is 300 g/mol. The first-order chi connectivity index (χ1) is 10.1. The normalized spacial score (nSPS) is 10.7. The highest BCUT2D eigenvalue weighted by molar-refractivity contribution is 7.99. The van der Waals surface area contributed by atoms with Crippen LogP contribution in [0.25, 0.3) is 11.0 Å². The number of pyridine rings is 1. The van der Waals surface area contributed by atoms with Crippen LogP contribution in [0.3, 0.4) is 0 Å². The maximum absolute atomic E-state index is 11.0. The van der Waals surface area contributed by atoms with Gasteiger partial charge in [-0.15, -0.1) is 0 Å². The molecular formula is C14H12N4O2S. The number of fused-ring (bicyclic) bond motifs is 1. The molecule has 0 unspecified atom stereocenters. The summed E-state index contributed by atoms with van der Waals surface area (Å²) in [6.07, 6.45) is 0.796. The van der Waals surface area contributed by atoms with Crippen molar-refractivity contribution in [3.05, 3.63) is 42.6 Å². The van der Waals surface area contributed by atoms with Gasteiger partial charge in [0.2, 0.25) is 5.88 Å². The van der Waals surface area contributed by atoms with Crippen LogP contribution in [0.5, 0.6) is 5.88 Å². The molecule has 0 aliphatic heterocycles. The Bertz CT molecular complexity index is 816. The van der Waals surface area contributed by atoms with Crippen LogP contribution in [0.1, 0.15) is 0 Å². The number of nitrogens with one attached hydrogen (secondary N) is 1. The molecule has 3 rings (SSSR count). The topological polar surface area (TPSA) is 107 Å². The minimum atomic E-state index is -0.879. The predicted octanol–water partition coefficient (Wildman–Crippen LogP) is 2.75. The van der Waals surface area contributed by atoms with Crippen LogP contribution in [-0.2, 0) is 0 Å². The van der Waals surface area contributed by atoms with Crippen molar-refractivity contribution in [1.29, 1.82) is 0 Å². The highest BCUT2D eigenvalue weighted by Crippen LogP contribution is 2.40. The summed E-state index contributed by atoms with van der Waals surface area (Å²) in [6.45, 7) is 0. The van der Waals surface area contributed by atoms with Gasteiger partial charge >= 0.3 is 6.09 Å². The molecule has 0 fully saturated rings. The van der Waals surface area contributed by atoms with Crippen molar-refractivity contribution in [3.63, 3.8) is 0 Å². The van der Waals surface area contributed by atoms with E-state index in [1.54, 1.807) is 18.3 Å². The van der Waals surface area contributed by atoms with Gasteiger partial charge in [-0.05, 0) is 30.3 Å². The number of carbonyl (C=O) groups is 1. The van der Waals surface area contributed by atoms with E-state index < -0.39 is 6.09 Å². The van der Waals surface area contributed by atoms with Crippen molar-refractivity contribution in [3.8, 4) is 5.88 Å². The molecule has 0 atom stereocenters. The molecule has 2 aromatic heterocycles. The van der Waals surface area contributed by atoms with Crippen LogP contribution >= 0.6 is 11.8 Å². The number of carbonyl (C=O) groups excluding carboxylic acids is 1. The predicted molar refractivity (Wildman–Crippen MR) is 81.3 cm³/mol. The van der Waals surface area contributed by atoms with E-state index in [1.807, 2.05) is 24.3 Å². The van der Waals surface area contributed by atoms with Crippen molar-refractivity contribution in [2.45, 2.75) is 9.79 Å². The fourth-order valence-electron chi connectivity index (χ4n) is 1.94.